The Kier molecular flexibility index (Phi) is 6.99. The maximum absolute atomic E-state index is 5.96. The fourth-order valence-corrected chi connectivity index (χ4v) is 4.89. The lowest BCUT2D eigenvalue weighted by Crippen LogP contribution is -2.38. The van der Waals surface area contributed by atoms with E-state index in [4.69, 9.17) is 9.84 Å². The smallest absolute Gasteiger partial charge is 0.227 e. The second-order valence-electron chi connectivity index (χ2n) is 10.7. The fraction of sp³-hybridized carbons (Fsp3) is 0.792. The van der Waals surface area contributed by atoms with E-state index in [2.05, 4.69) is 58.2 Å². The molecule has 172 valence electrons. The van der Waals surface area contributed by atoms with E-state index in [0.29, 0.717) is 12.1 Å². The third kappa shape index (κ3) is 5.88. The summed E-state index contributed by atoms with van der Waals surface area (Å²) in [6.45, 7) is 12.8. The summed E-state index contributed by atoms with van der Waals surface area (Å²) in [5.41, 5.74) is 1.41. The van der Waals surface area contributed by atoms with Gasteiger partial charge in [0.15, 0.2) is 0 Å². The van der Waals surface area contributed by atoms with Crippen molar-refractivity contribution in [3.63, 3.8) is 0 Å². The summed E-state index contributed by atoms with van der Waals surface area (Å²) in [6, 6.07) is 0.398. The molecule has 0 amide bonds. The van der Waals surface area contributed by atoms with E-state index >= 15 is 0 Å². The van der Waals surface area contributed by atoms with Crippen molar-refractivity contribution in [2.75, 3.05) is 24.6 Å². The van der Waals surface area contributed by atoms with Gasteiger partial charge in [-0.05, 0) is 62.8 Å². The zero-order valence-corrected chi connectivity index (χ0v) is 19.9. The summed E-state index contributed by atoms with van der Waals surface area (Å²) in [5.74, 6) is 2.15. The Morgan fingerprint density at radius 1 is 1.13 bits per heavy atom. The van der Waals surface area contributed by atoms with Crippen molar-refractivity contribution in [3.05, 3.63) is 23.8 Å². The summed E-state index contributed by atoms with van der Waals surface area (Å²) in [6.07, 6.45) is 13.8. The molecule has 2 aliphatic rings. The Bertz CT molecular complexity index is 829. The van der Waals surface area contributed by atoms with E-state index in [1.165, 1.54) is 31.2 Å². The molecule has 4 heterocycles. The second-order valence-corrected chi connectivity index (χ2v) is 10.7. The molecule has 0 radical (unpaired) electrons. The van der Waals surface area contributed by atoms with Gasteiger partial charge in [-0.25, -0.2) is 0 Å². The van der Waals surface area contributed by atoms with Crippen LogP contribution in [0.2, 0.25) is 0 Å². The number of hydrogen-bond acceptors (Lipinski definition) is 5. The highest BCUT2D eigenvalue weighted by Crippen LogP contribution is 2.28. The third-order valence-corrected chi connectivity index (χ3v) is 6.46. The molecule has 2 atom stereocenters. The minimum absolute atomic E-state index is 0.186. The van der Waals surface area contributed by atoms with Crippen LogP contribution in [0.15, 0.2) is 12.4 Å². The van der Waals surface area contributed by atoms with Gasteiger partial charge in [-0.2, -0.15) is 5.10 Å². The highest BCUT2D eigenvalue weighted by molar-refractivity contribution is 5.32. The van der Waals surface area contributed by atoms with Gasteiger partial charge in [0.2, 0.25) is 5.95 Å². The monoisotopic (exact) mass is 428 g/mol. The Labute approximate surface area is 187 Å². The van der Waals surface area contributed by atoms with Crippen molar-refractivity contribution in [1.29, 1.82) is 0 Å². The molecule has 4 rings (SSSR count). The van der Waals surface area contributed by atoms with Crippen LogP contribution in [0.3, 0.4) is 0 Å². The molecule has 0 spiro atoms. The number of nitrogens with zero attached hydrogens (tertiary/aromatic N) is 6. The van der Waals surface area contributed by atoms with E-state index in [1.807, 2.05) is 6.20 Å². The molecule has 2 aromatic heterocycles. The first-order valence-electron chi connectivity index (χ1n) is 12.2. The van der Waals surface area contributed by atoms with Crippen LogP contribution in [0, 0.1) is 12.3 Å². The van der Waals surface area contributed by atoms with Crippen LogP contribution < -0.4 is 4.90 Å². The molecule has 2 aromatic rings. The molecule has 2 unspecified atom stereocenters. The van der Waals surface area contributed by atoms with Crippen LogP contribution in [0.25, 0.3) is 0 Å². The SMILES string of the molecule is Cc1cnn(C2CCCN(c3nnc(CC(C)(C)C)n3CCCC3CCCCO3)C2)c1. The Morgan fingerprint density at radius 2 is 2.00 bits per heavy atom. The van der Waals surface area contributed by atoms with Crippen LogP contribution in [-0.4, -0.2) is 50.3 Å². The summed E-state index contributed by atoms with van der Waals surface area (Å²) in [5, 5.41) is 13.9. The molecule has 0 aliphatic carbocycles. The standard InChI is InChI=1S/C24H40N6O/c1-19-16-25-30(17-19)20-9-7-12-28(18-20)23-27-26-22(15-24(2,3)4)29(23)13-8-11-21-10-5-6-14-31-21/h16-17,20-21H,5-15,18H2,1-4H3. The van der Waals surface area contributed by atoms with Crippen molar-refractivity contribution >= 4 is 5.95 Å². The summed E-state index contributed by atoms with van der Waals surface area (Å²) in [4.78, 5) is 2.43. The molecule has 7 nitrogen and oxygen atoms in total. The highest BCUT2D eigenvalue weighted by Gasteiger charge is 2.27. The van der Waals surface area contributed by atoms with Crippen LogP contribution in [0.5, 0.6) is 0 Å². The largest absolute Gasteiger partial charge is 0.378 e. The fourth-order valence-electron chi connectivity index (χ4n) is 4.89. The van der Waals surface area contributed by atoms with Crippen LogP contribution in [-0.2, 0) is 17.7 Å². The van der Waals surface area contributed by atoms with Gasteiger partial charge in [-0.1, -0.05) is 20.8 Å². The normalized spacial score (nSPS) is 22.8. The van der Waals surface area contributed by atoms with E-state index in [-0.39, 0.29) is 5.41 Å². The predicted molar refractivity (Wildman–Crippen MR) is 123 cm³/mol. The molecule has 0 N–H and O–H groups in total. The van der Waals surface area contributed by atoms with Crippen molar-refractivity contribution in [2.45, 2.75) is 97.8 Å². The highest BCUT2D eigenvalue weighted by atomic mass is 16.5. The number of anilines is 1. The molecule has 31 heavy (non-hydrogen) atoms. The number of aryl methyl sites for hydroxylation is 1. The quantitative estimate of drug-likeness (QED) is 0.647. The summed E-state index contributed by atoms with van der Waals surface area (Å²) < 4.78 is 10.5. The van der Waals surface area contributed by atoms with Crippen molar-refractivity contribution in [3.8, 4) is 0 Å². The van der Waals surface area contributed by atoms with Crippen LogP contribution in [0.1, 0.15) is 83.1 Å². The zero-order chi connectivity index (χ0) is 21.8. The van der Waals surface area contributed by atoms with Crippen LogP contribution >= 0.6 is 0 Å². The summed E-state index contributed by atoms with van der Waals surface area (Å²) >= 11 is 0. The number of rotatable bonds is 7. The average molecular weight is 429 g/mol. The van der Waals surface area contributed by atoms with Gasteiger partial charge in [0.1, 0.15) is 5.82 Å². The molecule has 7 heteroatoms. The van der Waals surface area contributed by atoms with Gasteiger partial charge in [0, 0.05) is 38.9 Å². The lowest BCUT2D eigenvalue weighted by molar-refractivity contribution is 0.00949. The van der Waals surface area contributed by atoms with Gasteiger partial charge in [-0.3, -0.25) is 9.25 Å². The van der Waals surface area contributed by atoms with E-state index in [0.717, 1.165) is 63.7 Å². The van der Waals surface area contributed by atoms with E-state index in [9.17, 15) is 0 Å². The Hall–Kier alpha value is -1.89. The Morgan fingerprint density at radius 3 is 2.71 bits per heavy atom. The zero-order valence-electron chi connectivity index (χ0n) is 19.9. The van der Waals surface area contributed by atoms with Gasteiger partial charge in [-0.15, -0.1) is 10.2 Å². The maximum atomic E-state index is 5.96. The molecule has 2 saturated heterocycles. The third-order valence-electron chi connectivity index (χ3n) is 6.46. The van der Waals surface area contributed by atoms with E-state index < -0.39 is 0 Å². The lowest BCUT2D eigenvalue weighted by atomic mass is 9.92. The maximum Gasteiger partial charge on any atom is 0.227 e. The first-order valence-corrected chi connectivity index (χ1v) is 12.2. The van der Waals surface area contributed by atoms with E-state index in [1.54, 1.807) is 0 Å². The minimum Gasteiger partial charge on any atom is -0.378 e. The minimum atomic E-state index is 0.186. The summed E-state index contributed by atoms with van der Waals surface area (Å²) in [7, 11) is 0. The molecule has 2 fully saturated rings. The van der Waals surface area contributed by atoms with Crippen molar-refractivity contribution < 1.29 is 4.74 Å². The number of hydrogen-bond donors (Lipinski definition) is 0. The topological polar surface area (TPSA) is 61.0 Å². The number of ether oxygens (including phenoxy) is 1. The number of aromatic nitrogens is 5. The average Bonchev–Trinajstić information content (AvgIpc) is 3.34. The van der Waals surface area contributed by atoms with Gasteiger partial charge >= 0.3 is 0 Å². The Balaban J connectivity index is 1.48. The first-order chi connectivity index (χ1) is 14.9. The van der Waals surface area contributed by atoms with Gasteiger partial charge in [0.05, 0.1) is 18.3 Å². The van der Waals surface area contributed by atoms with Crippen molar-refractivity contribution in [1.82, 2.24) is 24.5 Å². The van der Waals surface area contributed by atoms with Crippen LogP contribution in [0.4, 0.5) is 5.95 Å². The van der Waals surface area contributed by atoms with Gasteiger partial charge < -0.3 is 9.64 Å². The first kappa shape index (κ1) is 22.3. The molecule has 0 aromatic carbocycles. The second kappa shape index (κ2) is 9.72. The lowest BCUT2D eigenvalue weighted by Gasteiger charge is -2.34. The van der Waals surface area contributed by atoms with Gasteiger partial charge in [0.25, 0.3) is 0 Å². The molecule has 0 saturated carbocycles. The predicted octanol–water partition coefficient (Wildman–Crippen LogP) is 4.56. The van der Waals surface area contributed by atoms with Crippen molar-refractivity contribution in [2.24, 2.45) is 5.41 Å². The molecular formula is C24H40N6O. The number of piperidine rings is 1. The molecular weight excluding hydrogens is 388 g/mol. The molecule has 2 aliphatic heterocycles. The molecule has 0 bridgehead atoms.